The lowest BCUT2D eigenvalue weighted by atomic mass is 10.0. The predicted octanol–water partition coefficient (Wildman–Crippen LogP) is 4.14. The van der Waals surface area contributed by atoms with E-state index in [2.05, 4.69) is 43.3 Å². The second-order valence-electron chi connectivity index (χ2n) is 8.81. The maximum atomic E-state index is 14.3. The topological polar surface area (TPSA) is 73.9 Å². The van der Waals surface area contributed by atoms with E-state index in [1.807, 2.05) is 37.0 Å². The fourth-order valence-corrected chi connectivity index (χ4v) is 4.80. The average Bonchev–Trinajstić information content (AvgIpc) is 3.30. The number of aromatic nitrogens is 4. The highest BCUT2D eigenvalue weighted by Gasteiger charge is 2.26. The molecule has 0 unspecified atom stereocenters. The summed E-state index contributed by atoms with van der Waals surface area (Å²) < 4.78 is 16.1. The Labute approximate surface area is 198 Å². The SMILES string of the molecule is CN(Cc1cc(C#N)ccc1F)C1CCN(c2nnc(-c3ccnn3C)c3ccccc23)CC1. The van der Waals surface area contributed by atoms with Gasteiger partial charge in [0.25, 0.3) is 0 Å². The summed E-state index contributed by atoms with van der Waals surface area (Å²) in [6.07, 6.45) is 3.65. The van der Waals surface area contributed by atoms with Crippen molar-refractivity contribution in [2.45, 2.75) is 25.4 Å². The molecule has 0 radical (unpaired) electrons. The minimum absolute atomic E-state index is 0.265. The van der Waals surface area contributed by atoms with Gasteiger partial charge in [-0.1, -0.05) is 24.3 Å². The second kappa shape index (κ2) is 9.20. The molecule has 7 nitrogen and oxygen atoms in total. The van der Waals surface area contributed by atoms with Gasteiger partial charge in [-0.05, 0) is 44.2 Å². The third kappa shape index (κ3) is 4.11. The van der Waals surface area contributed by atoms with Crippen molar-refractivity contribution in [3.05, 3.63) is 71.7 Å². The molecular formula is C26H26FN7. The number of aryl methyl sites for hydroxylation is 1. The molecule has 2 aromatic carbocycles. The van der Waals surface area contributed by atoms with Crippen molar-refractivity contribution in [1.82, 2.24) is 24.9 Å². The van der Waals surface area contributed by atoms with Crippen LogP contribution in [-0.4, -0.2) is 51.1 Å². The van der Waals surface area contributed by atoms with E-state index >= 15 is 0 Å². The zero-order chi connectivity index (χ0) is 23.7. The number of nitrogens with zero attached hydrogens (tertiary/aromatic N) is 7. The fraction of sp³-hybridized carbons (Fsp3) is 0.308. The Bertz CT molecular complexity index is 1370. The smallest absolute Gasteiger partial charge is 0.159 e. The van der Waals surface area contributed by atoms with Gasteiger partial charge in [-0.25, -0.2) is 4.39 Å². The molecule has 2 aromatic heterocycles. The Morgan fingerprint density at radius 2 is 1.85 bits per heavy atom. The van der Waals surface area contributed by atoms with Gasteiger partial charge in [-0.3, -0.25) is 9.58 Å². The molecule has 1 saturated heterocycles. The number of nitriles is 1. The van der Waals surface area contributed by atoms with E-state index in [1.165, 1.54) is 12.1 Å². The summed E-state index contributed by atoms with van der Waals surface area (Å²) in [5.41, 5.74) is 2.81. The van der Waals surface area contributed by atoms with E-state index in [0.717, 1.165) is 53.9 Å². The zero-order valence-electron chi connectivity index (χ0n) is 19.3. The van der Waals surface area contributed by atoms with Crippen LogP contribution in [0.4, 0.5) is 10.2 Å². The molecule has 0 amide bonds. The van der Waals surface area contributed by atoms with Gasteiger partial charge in [-0.15, -0.1) is 10.2 Å². The Hall–Kier alpha value is -3.83. The molecule has 172 valence electrons. The molecule has 8 heteroatoms. The molecule has 3 heterocycles. The summed E-state index contributed by atoms with van der Waals surface area (Å²) in [7, 11) is 3.93. The van der Waals surface area contributed by atoms with Crippen LogP contribution in [0.1, 0.15) is 24.0 Å². The highest BCUT2D eigenvalue weighted by molar-refractivity contribution is 5.99. The number of hydrogen-bond acceptors (Lipinski definition) is 6. The van der Waals surface area contributed by atoms with Gasteiger partial charge in [0.2, 0.25) is 0 Å². The highest BCUT2D eigenvalue weighted by atomic mass is 19.1. The lowest BCUT2D eigenvalue weighted by Crippen LogP contribution is -2.43. The average molecular weight is 456 g/mol. The minimum atomic E-state index is -0.265. The number of rotatable bonds is 5. The van der Waals surface area contributed by atoms with Crippen molar-refractivity contribution in [1.29, 1.82) is 5.26 Å². The van der Waals surface area contributed by atoms with E-state index in [1.54, 1.807) is 12.3 Å². The highest BCUT2D eigenvalue weighted by Crippen LogP contribution is 2.32. The summed E-state index contributed by atoms with van der Waals surface area (Å²) in [4.78, 5) is 4.48. The van der Waals surface area contributed by atoms with Crippen molar-refractivity contribution in [2.75, 3.05) is 25.0 Å². The molecule has 0 atom stereocenters. The summed E-state index contributed by atoms with van der Waals surface area (Å²) in [6.45, 7) is 2.17. The van der Waals surface area contributed by atoms with Crippen molar-refractivity contribution < 1.29 is 4.39 Å². The first-order valence-electron chi connectivity index (χ1n) is 11.4. The van der Waals surface area contributed by atoms with Crippen LogP contribution in [0.5, 0.6) is 0 Å². The molecule has 0 aliphatic carbocycles. The van der Waals surface area contributed by atoms with Crippen LogP contribution < -0.4 is 4.90 Å². The number of benzene rings is 2. The minimum Gasteiger partial charge on any atom is -0.354 e. The number of piperidine rings is 1. The third-order valence-corrected chi connectivity index (χ3v) is 6.71. The molecule has 0 saturated carbocycles. The van der Waals surface area contributed by atoms with Gasteiger partial charge in [0.15, 0.2) is 5.82 Å². The Balaban J connectivity index is 1.33. The maximum absolute atomic E-state index is 14.3. The van der Waals surface area contributed by atoms with Crippen LogP contribution >= 0.6 is 0 Å². The molecule has 5 rings (SSSR count). The Morgan fingerprint density at radius 1 is 1.09 bits per heavy atom. The molecule has 34 heavy (non-hydrogen) atoms. The van der Waals surface area contributed by atoms with Gasteiger partial charge < -0.3 is 4.90 Å². The molecule has 1 fully saturated rings. The second-order valence-corrected chi connectivity index (χ2v) is 8.81. The molecular weight excluding hydrogens is 429 g/mol. The standard InChI is InChI=1S/C26H26FN7/c1-32(17-19-15-18(16-28)7-8-23(19)27)20-10-13-34(14-11-20)26-22-6-4-3-5-21(22)25(30-31-26)24-9-12-29-33(24)2/h3-9,12,15,20H,10-11,13-14,17H2,1-2H3. The zero-order valence-corrected chi connectivity index (χ0v) is 19.3. The lowest BCUT2D eigenvalue weighted by Gasteiger charge is -2.37. The maximum Gasteiger partial charge on any atom is 0.159 e. The van der Waals surface area contributed by atoms with E-state index in [-0.39, 0.29) is 5.82 Å². The third-order valence-electron chi connectivity index (χ3n) is 6.71. The molecule has 0 spiro atoms. The van der Waals surface area contributed by atoms with Gasteiger partial charge in [0.05, 0.1) is 17.3 Å². The first-order valence-corrected chi connectivity index (χ1v) is 11.4. The van der Waals surface area contributed by atoms with Crippen molar-refractivity contribution in [3.8, 4) is 17.5 Å². The van der Waals surface area contributed by atoms with E-state index in [9.17, 15) is 4.39 Å². The number of fused-ring (bicyclic) bond motifs is 1. The predicted molar refractivity (Wildman–Crippen MR) is 130 cm³/mol. The van der Waals surface area contributed by atoms with Gasteiger partial charge >= 0.3 is 0 Å². The molecule has 1 aliphatic heterocycles. The first-order chi connectivity index (χ1) is 16.5. The van der Waals surface area contributed by atoms with E-state index < -0.39 is 0 Å². The summed E-state index contributed by atoms with van der Waals surface area (Å²) in [5.74, 6) is 0.633. The summed E-state index contributed by atoms with van der Waals surface area (Å²) in [6, 6.07) is 17.2. The monoisotopic (exact) mass is 455 g/mol. The number of hydrogen-bond donors (Lipinski definition) is 0. The van der Waals surface area contributed by atoms with E-state index in [4.69, 9.17) is 5.26 Å². The summed E-state index contributed by atoms with van der Waals surface area (Å²) in [5, 5.41) is 24.8. The number of halogens is 1. The van der Waals surface area contributed by atoms with Crippen molar-refractivity contribution in [3.63, 3.8) is 0 Å². The fourth-order valence-electron chi connectivity index (χ4n) is 4.80. The Kier molecular flexibility index (Phi) is 5.95. The van der Waals surface area contributed by atoms with Crippen molar-refractivity contribution in [2.24, 2.45) is 7.05 Å². The summed E-state index contributed by atoms with van der Waals surface area (Å²) >= 11 is 0. The molecule has 1 aliphatic rings. The normalized spacial score (nSPS) is 14.6. The molecule has 4 aromatic rings. The van der Waals surface area contributed by atoms with Gasteiger partial charge in [0.1, 0.15) is 11.5 Å². The van der Waals surface area contributed by atoms with Crippen LogP contribution in [-0.2, 0) is 13.6 Å². The Morgan fingerprint density at radius 3 is 2.56 bits per heavy atom. The van der Waals surface area contributed by atoms with Crippen LogP contribution in [0.25, 0.3) is 22.2 Å². The molecule has 0 N–H and O–H groups in total. The number of anilines is 1. The first kappa shape index (κ1) is 22.0. The van der Waals surface area contributed by atoms with E-state index in [0.29, 0.717) is 23.7 Å². The van der Waals surface area contributed by atoms with Crippen LogP contribution in [0.3, 0.4) is 0 Å². The largest absolute Gasteiger partial charge is 0.354 e. The molecule has 0 bridgehead atoms. The van der Waals surface area contributed by atoms with Gasteiger partial charge in [-0.2, -0.15) is 10.4 Å². The van der Waals surface area contributed by atoms with Crippen LogP contribution in [0, 0.1) is 17.1 Å². The van der Waals surface area contributed by atoms with Gasteiger partial charge in [0, 0.05) is 55.3 Å². The lowest BCUT2D eigenvalue weighted by molar-refractivity contribution is 0.198. The van der Waals surface area contributed by atoms with Crippen molar-refractivity contribution >= 4 is 16.6 Å². The van der Waals surface area contributed by atoms with Crippen LogP contribution in [0.15, 0.2) is 54.7 Å². The van der Waals surface area contributed by atoms with Crippen LogP contribution in [0.2, 0.25) is 0 Å². The quantitative estimate of drug-likeness (QED) is 0.450.